The lowest BCUT2D eigenvalue weighted by molar-refractivity contribution is 0.731. The first-order valence-corrected chi connectivity index (χ1v) is 7.34. The highest BCUT2D eigenvalue weighted by Gasteiger charge is 2.15. The summed E-state index contributed by atoms with van der Waals surface area (Å²) in [6.45, 7) is 3.99. The van der Waals surface area contributed by atoms with Crippen LogP contribution in [0.2, 0.25) is 0 Å². The largest absolute Gasteiger partial charge is 0.336 e. The number of aromatic amines is 1. The number of anilines is 2. The zero-order chi connectivity index (χ0) is 14.3. The Morgan fingerprint density at radius 3 is 2.75 bits per heavy atom. The SMILES string of the molecule is CSc1n[nH]c2ncnc(Nc3c(C)nn(C)c3C)c12. The molecule has 3 aromatic heterocycles. The van der Waals surface area contributed by atoms with Gasteiger partial charge in [0, 0.05) is 7.05 Å². The summed E-state index contributed by atoms with van der Waals surface area (Å²) in [4.78, 5) is 8.54. The first-order chi connectivity index (χ1) is 9.61. The summed E-state index contributed by atoms with van der Waals surface area (Å²) < 4.78 is 1.85. The van der Waals surface area contributed by atoms with Gasteiger partial charge in [-0.1, -0.05) is 0 Å². The molecule has 2 N–H and O–H groups in total. The zero-order valence-corrected chi connectivity index (χ0v) is 12.5. The Morgan fingerprint density at radius 1 is 1.30 bits per heavy atom. The highest BCUT2D eigenvalue weighted by molar-refractivity contribution is 7.98. The fourth-order valence-corrected chi connectivity index (χ4v) is 2.68. The fraction of sp³-hybridized carbons (Fsp3) is 0.333. The maximum atomic E-state index is 4.40. The van der Waals surface area contributed by atoms with Gasteiger partial charge in [-0.05, 0) is 20.1 Å². The van der Waals surface area contributed by atoms with Crippen LogP contribution in [0.3, 0.4) is 0 Å². The molecule has 0 saturated heterocycles. The van der Waals surface area contributed by atoms with Crippen molar-refractivity contribution in [3.63, 3.8) is 0 Å². The molecule has 0 aliphatic heterocycles. The van der Waals surface area contributed by atoms with Crippen molar-refractivity contribution in [2.75, 3.05) is 11.6 Å². The van der Waals surface area contributed by atoms with Crippen molar-refractivity contribution in [1.82, 2.24) is 29.9 Å². The number of nitrogens with zero attached hydrogens (tertiary/aromatic N) is 5. The Labute approximate surface area is 120 Å². The topological polar surface area (TPSA) is 84.3 Å². The van der Waals surface area contributed by atoms with Gasteiger partial charge in [-0.3, -0.25) is 9.78 Å². The monoisotopic (exact) mass is 289 g/mol. The van der Waals surface area contributed by atoms with Gasteiger partial charge < -0.3 is 5.32 Å². The van der Waals surface area contributed by atoms with Gasteiger partial charge in [0.2, 0.25) is 0 Å². The molecule has 0 amide bonds. The lowest BCUT2D eigenvalue weighted by Gasteiger charge is -2.07. The minimum absolute atomic E-state index is 0.728. The molecule has 0 atom stereocenters. The van der Waals surface area contributed by atoms with E-state index in [2.05, 4.69) is 30.6 Å². The summed E-state index contributed by atoms with van der Waals surface area (Å²) in [5.41, 5.74) is 3.70. The van der Waals surface area contributed by atoms with Gasteiger partial charge in [0.25, 0.3) is 0 Å². The molecule has 0 saturated carbocycles. The molecule has 7 nitrogen and oxygen atoms in total. The van der Waals surface area contributed by atoms with Crippen LogP contribution in [-0.2, 0) is 7.05 Å². The van der Waals surface area contributed by atoms with Crippen molar-refractivity contribution < 1.29 is 0 Å². The van der Waals surface area contributed by atoms with E-state index in [1.54, 1.807) is 11.8 Å². The number of aromatic nitrogens is 6. The van der Waals surface area contributed by atoms with Gasteiger partial charge >= 0.3 is 0 Å². The van der Waals surface area contributed by atoms with Crippen LogP contribution in [0.1, 0.15) is 11.4 Å². The van der Waals surface area contributed by atoms with Gasteiger partial charge in [-0.2, -0.15) is 10.2 Å². The smallest absolute Gasteiger partial charge is 0.161 e. The van der Waals surface area contributed by atoms with Crippen molar-refractivity contribution in [3.05, 3.63) is 17.7 Å². The number of aryl methyl sites for hydroxylation is 2. The first-order valence-electron chi connectivity index (χ1n) is 6.12. The number of H-pyrrole nitrogens is 1. The molecule has 0 aliphatic rings. The minimum Gasteiger partial charge on any atom is -0.336 e. The van der Waals surface area contributed by atoms with E-state index in [1.165, 1.54) is 6.33 Å². The van der Waals surface area contributed by atoms with Gasteiger partial charge in [-0.15, -0.1) is 11.8 Å². The van der Waals surface area contributed by atoms with Gasteiger partial charge in [-0.25, -0.2) is 9.97 Å². The molecule has 20 heavy (non-hydrogen) atoms. The molecule has 0 unspecified atom stereocenters. The summed E-state index contributed by atoms with van der Waals surface area (Å²) >= 11 is 1.56. The molecule has 3 rings (SSSR count). The maximum Gasteiger partial charge on any atom is 0.161 e. The minimum atomic E-state index is 0.728. The van der Waals surface area contributed by atoms with Gasteiger partial charge in [0.15, 0.2) is 5.65 Å². The van der Waals surface area contributed by atoms with Crippen LogP contribution in [0.5, 0.6) is 0 Å². The summed E-state index contributed by atoms with van der Waals surface area (Å²) in [5.74, 6) is 0.743. The molecular weight excluding hydrogens is 274 g/mol. The van der Waals surface area contributed by atoms with Crippen molar-refractivity contribution in [1.29, 1.82) is 0 Å². The molecule has 0 bridgehead atoms. The second-order valence-electron chi connectivity index (χ2n) is 4.47. The third kappa shape index (κ3) is 1.92. The molecule has 8 heteroatoms. The lowest BCUT2D eigenvalue weighted by atomic mass is 10.3. The number of rotatable bonds is 3. The number of nitrogens with one attached hydrogen (secondary N) is 2. The van der Waals surface area contributed by atoms with Crippen molar-refractivity contribution >= 4 is 34.3 Å². The van der Waals surface area contributed by atoms with Gasteiger partial charge in [0.05, 0.1) is 22.5 Å². The van der Waals surface area contributed by atoms with Crippen LogP contribution in [0.4, 0.5) is 11.5 Å². The van der Waals surface area contributed by atoms with Crippen molar-refractivity contribution in [2.45, 2.75) is 18.9 Å². The number of hydrogen-bond donors (Lipinski definition) is 2. The van der Waals surface area contributed by atoms with Crippen molar-refractivity contribution in [3.8, 4) is 0 Å². The zero-order valence-electron chi connectivity index (χ0n) is 11.7. The average molecular weight is 289 g/mol. The average Bonchev–Trinajstić information content (AvgIpc) is 2.96. The third-order valence-electron chi connectivity index (χ3n) is 3.27. The molecule has 0 radical (unpaired) electrons. The Hall–Kier alpha value is -2.09. The van der Waals surface area contributed by atoms with E-state index in [4.69, 9.17) is 0 Å². The summed E-state index contributed by atoms with van der Waals surface area (Å²) in [5, 5.41) is 16.7. The fourth-order valence-electron chi connectivity index (χ4n) is 2.15. The number of thioether (sulfide) groups is 1. The van der Waals surface area contributed by atoms with Crippen LogP contribution in [-0.4, -0.2) is 36.2 Å². The normalized spacial score (nSPS) is 11.2. The van der Waals surface area contributed by atoms with Crippen LogP contribution in [0, 0.1) is 13.8 Å². The summed E-state index contributed by atoms with van der Waals surface area (Å²) in [7, 11) is 1.92. The Bertz CT molecular complexity index is 774. The van der Waals surface area contributed by atoms with Crippen LogP contribution < -0.4 is 5.32 Å². The van der Waals surface area contributed by atoms with Crippen LogP contribution in [0.15, 0.2) is 11.4 Å². The van der Waals surface area contributed by atoms with Crippen molar-refractivity contribution in [2.24, 2.45) is 7.05 Å². The Balaban J connectivity index is 2.13. The second kappa shape index (κ2) is 4.78. The Kier molecular flexibility index (Phi) is 3.09. The van der Waals surface area contributed by atoms with E-state index in [9.17, 15) is 0 Å². The molecule has 0 aliphatic carbocycles. The molecule has 104 valence electrons. The van der Waals surface area contributed by atoms with Gasteiger partial charge in [0.1, 0.15) is 17.2 Å². The molecular formula is C12H15N7S. The number of hydrogen-bond acceptors (Lipinski definition) is 6. The van der Waals surface area contributed by atoms with E-state index in [0.29, 0.717) is 0 Å². The summed E-state index contributed by atoms with van der Waals surface area (Å²) in [6, 6.07) is 0. The lowest BCUT2D eigenvalue weighted by Crippen LogP contribution is -1.98. The first kappa shape index (κ1) is 12.9. The highest BCUT2D eigenvalue weighted by Crippen LogP contribution is 2.31. The second-order valence-corrected chi connectivity index (χ2v) is 5.27. The van der Waals surface area contributed by atoms with Crippen LogP contribution in [0.25, 0.3) is 11.0 Å². The molecule has 3 heterocycles. The molecule has 0 fully saturated rings. The standard InChI is InChI=1S/C12H15N7S/c1-6-9(7(2)19(3)18-6)15-10-8-11(14-5-13-10)16-17-12(8)20-4/h5H,1-4H3,(H2,13,14,15,16,17). The number of fused-ring (bicyclic) bond motifs is 1. The molecule has 3 aromatic rings. The Morgan fingerprint density at radius 2 is 2.10 bits per heavy atom. The molecule has 0 spiro atoms. The van der Waals surface area contributed by atoms with E-state index < -0.39 is 0 Å². The third-order valence-corrected chi connectivity index (χ3v) is 3.95. The van der Waals surface area contributed by atoms with E-state index >= 15 is 0 Å². The van der Waals surface area contributed by atoms with E-state index in [-0.39, 0.29) is 0 Å². The predicted molar refractivity (Wildman–Crippen MR) is 79.4 cm³/mol. The van der Waals surface area contributed by atoms with Crippen LogP contribution >= 0.6 is 11.8 Å². The quantitative estimate of drug-likeness (QED) is 0.719. The highest BCUT2D eigenvalue weighted by atomic mass is 32.2. The van der Waals surface area contributed by atoms with E-state index in [0.717, 1.165) is 39.0 Å². The predicted octanol–water partition coefficient (Wildman–Crippen LogP) is 2.17. The summed E-state index contributed by atoms with van der Waals surface area (Å²) in [6.07, 6.45) is 3.50. The van der Waals surface area contributed by atoms with E-state index in [1.807, 2.05) is 31.8 Å². The molecule has 0 aromatic carbocycles. The maximum absolute atomic E-state index is 4.40.